The number of hydrogen-bond donors (Lipinski definition) is 2. The molecule has 0 aromatic carbocycles. The number of ether oxygens (including phenoxy) is 1. The summed E-state index contributed by atoms with van der Waals surface area (Å²) < 4.78 is 5.44. The predicted octanol–water partition coefficient (Wildman–Crippen LogP) is 2.05. The van der Waals surface area contributed by atoms with Crippen molar-refractivity contribution in [2.45, 2.75) is 32.7 Å². The summed E-state index contributed by atoms with van der Waals surface area (Å²) in [6, 6.07) is 2.46. The van der Waals surface area contributed by atoms with E-state index in [-0.39, 0.29) is 0 Å². The van der Waals surface area contributed by atoms with Crippen LogP contribution in [0.4, 0.5) is 5.82 Å². The lowest BCUT2D eigenvalue weighted by Crippen LogP contribution is -2.32. The van der Waals surface area contributed by atoms with Crippen molar-refractivity contribution in [3.63, 3.8) is 0 Å². The molecule has 100 valence electrons. The van der Waals surface area contributed by atoms with Crippen LogP contribution in [0.1, 0.15) is 36.9 Å². The van der Waals surface area contributed by atoms with E-state index in [1.807, 2.05) is 6.20 Å². The summed E-state index contributed by atoms with van der Waals surface area (Å²) in [4.78, 5) is 4.28. The average molecular weight is 249 g/mol. The van der Waals surface area contributed by atoms with Crippen molar-refractivity contribution in [3.8, 4) is 0 Å². The largest absolute Gasteiger partial charge is 0.383 e. The molecule has 18 heavy (non-hydrogen) atoms. The first-order valence-corrected chi connectivity index (χ1v) is 6.75. The molecule has 1 atom stereocenters. The van der Waals surface area contributed by atoms with Gasteiger partial charge < -0.3 is 15.8 Å². The number of pyridine rings is 1. The fraction of sp³-hybridized carbons (Fsp3) is 0.643. The van der Waals surface area contributed by atoms with Gasteiger partial charge in [0.2, 0.25) is 0 Å². The Balaban J connectivity index is 2.24. The lowest BCUT2D eigenvalue weighted by molar-refractivity contribution is 0.0538. The molecule has 1 aromatic rings. The van der Waals surface area contributed by atoms with Crippen LogP contribution in [-0.2, 0) is 4.74 Å². The Hall–Kier alpha value is -1.13. The summed E-state index contributed by atoms with van der Waals surface area (Å²) in [5.41, 5.74) is 8.35. The van der Waals surface area contributed by atoms with Crippen LogP contribution < -0.4 is 11.1 Å². The minimum absolute atomic E-state index is 0.297. The number of rotatable bonds is 4. The van der Waals surface area contributed by atoms with Crippen molar-refractivity contribution in [2.75, 3.05) is 25.5 Å². The van der Waals surface area contributed by atoms with E-state index in [1.165, 1.54) is 0 Å². The van der Waals surface area contributed by atoms with E-state index in [1.54, 1.807) is 0 Å². The monoisotopic (exact) mass is 249 g/mol. The van der Waals surface area contributed by atoms with E-state index < -0.39 is 0 Å². The highest BCUT2D eigenvalue weighted by molar-refractivity contribution is 5.43. The van der Waals surface area contributed by atoms with Crippen molar-refractivity contribution < 1.29 is 4.74 Å². The summed E-state index contributed by atoms with van der Waals surface area (Å²) in [5, 5.41) is 3.56. The normalized spacial score (nSPS) is 18.8. The number of hydrogen-bond acceptors (Lipinski definition) is 4. The molecule has 1 unspecified atom stereocenters. The van der Waals surface area contributed by atoms with Crippen LogP contribution in [0.5, 0.6) is 0 Å². The molecule has 1 aromatic heterocycles. The molecule has 0 radical (unpaired) electrons. The van der Waals surface area contributed by atoms with Crippen LogP contribution in [0.2, 0.25) is 0 Å². The van der Waals surface area contributed by atoms with Crippen LogP contribution in [0, 0.1) is 12.8 Å². The van der Waals surface area contributed by atoms with Crippen molar-refractivity contribution in [2.24, 2.45) is 5.92 Å². The van der Waals surface area contributed by atoms with Gasteiger partial charge in [0.15, 0.2) is 0 Å². The fourth-order valence-electron chi connectivity index (χ4n) is 2.65. The minimum atomic E-state index is 0.297. The molecular weight excluding hydrogens is 226 g/mol. The standard InChI is InChI=1S/C14H23N3O/c1-3-16-13(11-4-6-18-7-5-11)12-8-10(2)9-17-14(12)15/h8-9,11,13,16H,3-7H2,1-2H3,(H2,15,17). The van der Waals surface area contributed by atoms with E-state index in [9.17, 15) is 0 Å². The number of nitrogen functional groups attached to an aromatic ring is 1. The Morgan fingerprint density at radius 2 is 2.22 bits per heavy atom. The zero-order chi connectivity index (χ0) is 13.0. The smallest absolute Gasteiger partial charge is 0.128 e. The van der Waals surface area contributed by atoms with Gasteiger partial charge in [0.1, 0.15) is 5.82 Å². The number of aromatic nitrogens is 1. The first kappa shape index (κ1) is 13.3. The third-order valence-electron chi connectivity index (χ3n) is 3.58. The summed E-state index contributed by atoms with van der Waals surface area (Å²) >= 11 is 0. The molecule has 1 aliphatic rings. The van der Waals surface area contributed by atoms with Crippen LogP contribution >= 0.6 is 0 Å². The topological polar surface area (TPSA) is 60.2 Å². The molecule has 2 heterocycles. The van der Waals surface area contributed by atoms with Gasteiger partial charge in [0, 0.05) is 31.0 Å². The second-order valence-electron chi connectivity index (χ2n) is 4.97. The van der Waals surface area contributed by atoms with Gasteiger partial charge in [-0.1, -0.05) is 6.92 Å². The van der Waals surface area contributed by atoms with Gasteiger partial charge >= 0.3 is 0 Å². The summed E-state index contributed by atoms with van der Waals surface area (Å²) in [5.74, 6) is 1.24. The van der Waals surface area contributed by atoms with Crippen molar-refractivity contribution >= 4 is 5.82 Å². The molecule has 4 nitrogen and oxygen atoms in total. The summed E-state index contributed by atoms with van der Waals surface area (Å²) in [7, 11) is 0. The van der Waals surface area contributed by atoms with Gasteiger partial charge in [-0.25, -0.2) is 4.98 Å². The zero-order valence-corrected chi connectivity index (χ0v) is 11.3. The summed E-state index contributed by atoms with van der Waals surface area (Å²) in [6.07, 6.45) is 4.00. The Kier molecular flexibility index (Phi) is 4.55. The first-order valence-electron chi connectivity index (χ1n) is 6.75. The number of nitrogens with one attached hydrogen (secondary N) is 1. The van der Waals surface area contributed by atoms with Crippen LogP contribution in [0.15, 0.2) is 12.3 Å². The number of anilines is 1. The lowest BCUT2D eigenvalue weighted by Gasteiger charge is -2.31. The molecule has 1 fully saturated rings. The van der Waals surface area contributed by atoms with E-state index in [0.29, 0.717) is 17.8 Å². The SMILES string of the molecule is CCNC(c1cc(C)cnc1N)C1CCOCC1. The van der Waals surface area contributed by atoms with Crippen LogP contribution in [0.3, 0.4) is 0 Å². The quantitative estimate of drug-likeness (QED) is 0.857. The first-order chi connectivity index (χ1) is 8.72. The highest BCUT2D eigenvalue weighted by atomic mass is 16.5. The Labute approximate surface area is 109 Å². The molecule has 4 heteroatoms. The molecule has 1 saturated heterocycles. The highest BCUT2D eigenvalue weighted by Crippen LogP contribution is 2.32. The molecule has 0 amide bonds. The van der Waals surface area contributed by atoms with Crippen LogP contribution in [0.25, 0.3) is 0 Å². The van der Waals surface area contributed by atoms with E-state index in [4.69, 9.17) is 10.5 Å². The van der Waals surface area contributed by atoms with Gasteiger partial charge in [-0.15, -0.1) is 0 Å². The highest BCUT2D eigenvalue weighted by Gasteiger charge is 2.26. The Morgan fingerprint density at radius 1 is 1.50 bits per heavy atom. The van der Waals surface area contributed by atoms with Gasteiger partial charge in [-0.3, -0.25) is 0 Å². The van der Waals surface area contributed by atoms with E-state index in [2.05, 4.69) is 30.2 Å². The molecule has 1 aliphatic heterocycles. The maximum absolute atomic E-state index is 6.04. The Bertz CT molecular complexity index is 389. The molecular formula is C14H23N3O. The Morgan fingerprint density at radius 3 is 2.89 bits per heavy atom. The molecule has 0 bridgehead atoms. The molecule has 0 aliphatic carbocycles. The second kappa shape index (κ2) is 6.16. The molecule has 0 saturated carbocycles. The third kappa shape index (κ3) is 3.00. The summed E-state index contributed by atoms with van der Waals surface area (Å²) in [6.45, 7) is 6.83. The average Bonchev–Trinajstić information content (AvgIpc) is 2.40. The number of nitrogens with two attached hydrogens (primary N) is 1. The second-order valence-corrected chi connectivity index (χ2v) is 4.97. The fourth-order valence-corrected chi connectivity index (χ4v) is 2.65. The lowest BCUT2D eigenvalue weighted by atomic mass is 9.87. The zero-order valence-electron chi connectivity index (χ0n) is 11.3. The van der Waals surface area contributed by atoms with Gasteiger partial charge in [0.05, 0.1) is 0 Å². The maximum Gasteiger partial charge on any atom is 0.128 e. The van der Waals surface area contributed by atoms with Crippen molar-refractivity contribution in [1.29, 1.82) is 0 Å². The molecule has 3 N–H and O–H groups in total. The van der Waals surface area contributed by atoms with E-state index in [0.717, 1.165) is 43.7 Å². The van der Waals surface area contributed by atoms with Gasteiger partial charge in [-0.2, -0.15) is 0 Å². The van der Waals surface area contributed by atoms with E-state index >= 15 is 0 Å². The molecule has 0 spiro atoms. The third-order valence-corrected chi connectivity index (χ3v) is 3.58. The minimum Gasteiger partial charge on any atom is -0.383 e. The predicted molar refractivity (Wildman–Crippen MR) is 73.3 cm³/mol. The van der Waals surface area contributed by atoms with Crippen LogP contribution in [-0.4, -0.2) is 24.7 Å². The van der Waals surface area contributed by atoms with Gasteiger partial charge in [-0.05, 0) is 43.9 Å². The van der Waals surface area contributed by atoms with Crippen molar-refractivity contribution in [1.82, 2.24) is 10.3 Å². The number of nitrogens with zero attached hydrogens (tertiary/aromatic N) is 1. The van der Waals surface area contributed by atoms with Gasteiger partial charge in [0.25, 0.3) is 0 Å². The van der Waals surface area contributed by atoms with Crippen molar-refractivity contribution in [3.05, 3.63) is 23.4 Å². The number of aryl methyl sites for hydroxylation is 1. The molecule has 2 rings (SSSR count). The maximum atomic E-state index is 6.04.